The van der Waals surface area contributed by atoms with Gasteiger partial charge in [0.05, 0.1) is 23.7 Å². The van der Waals surface area contributed by atoms with Gasteiger partial charge in [0.2, 0.25) is 0 Å². The number of hydrogen-bond donors (Lipinski definition) is 0. The number of carbonyl (C=O) groups excluding carboxylic acids is 3. The number of benzene rings is 1. The van der Waals surface area contributed by atoms with Gasteiger partial charge in [-0.15, -0.1) is 0 Å². The minimum absolute atomic E-state index is 0.0891. The summed E-state index contributed by atoms with van der Waals surface area (Å²) in [5.74, 6) is 0.695. The van der Waals surface area contributed by atoms with Gasteiger partial charge >= 0.3 is 6.09 Å². The highest BCUT2D eigenvalue weighted by atomic mass is 16.6. The molecule has 2 heterocycles. The first-order valence-corrected chi connectivity index (χ1v) is 10.6. The molecule has 2 aliphatic heterocycles. The topological polar surface area (TPSA) is 66.9 Å². The minimum atomic E-state index is -0.598. The molecular formula is C23H30N2O4. The van der Waals surface area contributed by atoms with Crippen LogP contribution in [0.15, 0.2) is 24.3 Å². The highest BCUT2D eigenvalue weighted by Gasteiger charge is 2.58. The normalized spacial score (nSPS) is 30.9. The second kappa shape index (κ2) is 6.85. The lowest BCUT2D eigenvalue weighted by Gasteiger charge is -2.46. The van der Waals surface area contributed by atoms with E-state index in [0.717, 1.165) is 12.8 Å². The zero-order valence-electron chi connectivity index (χ0n) is 17.8. The second-order valence-electron chi connectivity index (χ2n) is 9.62. The van der Waals surface area contributed by atoms with Gasteiger partial charge in [-0.25, -0.2) is 4.79 Å². The van der Waals surface area contributed by atoms with E-state index < -0.39 is 5.60 Å². The fourth-order valence-corrected chi connectivity index (χ4v) is 5.20. The third-order valence-electron chi connectivity index (χ3n) is 6.65. The first-order chi connectivity index (χ1) is 13.6. The number of piperidine rings is 1. The van der Waals surface area contributed by atoms with Crippen LogP contribution in [-0.4, -0.2) is 51.9 Å². The Morgan fingerprint density at radius 1 is 1.07 bits per heavy atom. The fourth-order valence-electron chi connectivity index (χ4n) is 5.20. The summed E-state index contributed by atoms with van der Waals surface area (Å²) in [6.45, 7) is 10.0. The predicted molar refractivity (Wildman–Crippen MR) is 109 cm³/mol. The molecule has 1 aliphatic carbocycles. The minimum Gasteiger partial charge on any atom is -0.444 e. The number of amides is 3. The molecule has 0 aromatic heterocycles. The SMILES string of the molecule is CCC1[C@H]2C[C@H]2C(C)[C@H](CN2C(=O)c3ccccc3C2=O)N1C(=O)OC(C)(C)C. The summed E-state index contributed by atoms with van der Waals surface area (Å²) in [5.41, 5.74) is 0.293. The van der Waals surface area contributed by atoms with Gasteiger partial charge in [-0.05, 0) is 63.5 Å². The zero-order valence-corrected chi connectivity index (χ0v) is 17.8. The number of hydrogen-bond acceptors (Lipinski definition) is 4. The van der Waals surface area contributed by atoms with Gasteiger partial charge in [-0.2, -0.15) is 0 Å². The van der Waals surface area contributed by atoms with Gasteiger partial charge in [-0.1, -0.05) is 26.0 Å². The lowest BCUT2D eigenvalue weighted by molar-refractivity contribution is -0.0249. The molecule has 1 saturated carbocycles. The van der Waals surface area contributed by atoms with Crippen LogP contribution in [0, 0.1) is 17.8 Å². The van der Waals surface area contributed by atoms with Crippen molar-refractivity contribution in [2.45, 2.75) is 65.1 Å². The molecule has 2 unspecified atom stereocenters. The molecule has 2 fully saturated rings. The van der Waals surface area contributed by atoms with Crippen LogP contribution in [0.25, 0.3) is 0 Å². The molecule has 3 aliphatic rings. The Morgan fingerprint density at radius 2 is 1.66 bits per heavy atom. The number of nitrogens with zero attached hydrogens (tertiary/aromatic N) is 2. The smallest absolute Gasteiger partial charge is 0.410 e. The molecule has 3 amide bonds. The molecule has 1 saturated heterocycles. The van der Waals surface area contributed by atoms with Crippen LogP contribution in [0.2, 0.25) is 0 Å². The Labute approximate surface area is 172 Å². The monoisotopic (exact) mass is 398 g/mol. The summed E-state index contributed by atoms with van der Waals surface area (Å²) in [6, 6.07) is 6.78. The number of imide groups is 1. The van der Waals surface area contributed by atoms with E-state index in [0.29, 0.717) is 23.0 Å². The molecule has 1 aromatic rings. The molecule has 29 heavy (non-hydrogen) atoms. The summed E-state index contributed by atoms with van der Waals surface area (Å²) < 4.78 is 5.73. The van der Waals surface area contributed by atoms with Gasteiger partial charge in [0, 0.05) is 6.04 Å². The highest BCUT2D eigenvalue weighted by Crippen LogP contribution is 2.55. The molecule has 6 nitrogen and oxygen atoms in total. The van der Waals surface area contributed by atoms with E-state index in [1.54, 1.807) is 24.3 Å². The Balaban J connectivity index is 1.64. The first kappa shape index (κ1) is 19.9. The Bertz CT molecular complexity index is 824. The highest BCUT2D eigenvalue weighted by molar-refractivity contribution is 6.21. The maximum Gasteiger partial charge on any atom is 0.410 e. The number of ether oxygens (including phenoxy) is 1. The van der Waals surface area contributed by atoms with Crippen molar-refractivity contribution >= 4 is 17.9 Å². The van der Waals surface area contributed by atoms with Crippen LogP contribution in [0.1, 0.15) is 68.2 Å². The van der Waals surface area contributed by atoms with Gasteiger partial charge in [0.25, 0.3) is 11.8 Å². The Kier molecular flexibility index (Phi) is 4.71. The molecular weight excluding hydrogens is 368 g/mol. The molecule has 156 valence electrons. The van der Waals surface area contributed by atoms with Crippen molar-refractivity contribution in [1.82, 2.24) is 9.80 Å². The van der Waals surface area contributed by atoms with Crippen LogP contribution < -0.4 is 0 Å². The van der Waals surface area contributed by atoms with E-state index in [1.165, 1.54) is 4.90 Å². The third kappa shape index (κ3) is 3.32. The van der Waals surface area contributed by atoms with E-state index in [4.69, 9.17) is 4.74 Å². The molecule has 0 radical (unpaired) electrons. The van der Waals surface area contributed by atoms with Crippen molar-refractivity contribution in [1.29, 1.82) is 0 Å². The van der Waals surface area contributed by atoms with Crippen molar-refractivity contribution in [2.75, 3.05) is 6.54 Å². The zero-order chi connectivity index (χ0) is 21.1. The second-order valence-corrected chi connectivity index (χ2v) is 9.62. The standard InChI is InChI=1S/C23H30N2O4/c1-6-18-17-11-16(17)13(2)19(25(18)22(28)29-23(3,4)5)12-24-20(26)14-9-7-8-10-15(14)21(24)27/h7-10,13,16-19H,6,11-12H2,1-5H3/t13?,16-,17-,18?,19-/m0/s1. The Morgan fingerprint density at radius 3 is 2.17 bits per heavy atom. The fraction of sp³-hybridized carbons (Fsp3) is 0.609. The number of carbonyl (C=O) groups is 3. The van der Waals surface area contributed by atoms with E-state index in [2.05, 4.69) is 13.8 Å². The predicted octanol–water partition coefficient (Wildman–Crippen LogP) is 3.95. The summed E-state index contributed by atoms with van der Waals surface area (Å²) in [4.78, 5) is 42.1. The van der Waals surface area contributed by atoms with Crippen molar-refractivity contribution in [2.24, 2.45) is 17.8 Å². The van der Waals surface area contributed by atoms with E-state index in [1.807, 2.05) is 25.7 Å². The van der Waals surface area contributed by atoms with Crippen LogP contribution in [0.3, 0.4) is 0 Å². The summed E-state index contributed by atoms with van der Waals surface area (Å²) in [6.07, 6.45) is 1.59. The van der Waals surface area contributed by atoms with Crippen molar-refractivity contribution < 1.29 is 19.1 Å². The maximum atomic E-state index is 13.2. The maximum absolute atomic E-state index is 13.2. The molecule has 5 atom stereocenters. The molecule has 0 spiro atoms. The van der Waals surface area contributed by atoms with Gasteiger partial charge in [0.15, 0.2) is 0 Å². The lowest BCUT2D eigenvalue weighted by Crippen LogP contribution is -2.59. The summed E-state index contributed by atoms with van der Waals surface area (Å²) in [5, 5.41) is 0. The number of rotatable bonds is 3. The molecule has 4 rings (SSSR count). The first-order valence-electron chi connectivity index (χ1n) is 10.6. The van der Waals surface area contributed by atoms with E-state index in [9.17, 15) is 14.4 Å². The van der Waals surface area contributed by atoms with Crippen molar-refractivity contribution in [3.05, 3.63) is 35.4 Å². The van der Waals surface area contributed by atoms with Crippen molar-refractivity contribution in [3.8, 4) is 0 Å². The van der Waals surface area contributed by atoms with Gasteiger partial charge < -0.3 is 4.74 Å². The van der Waals surface area contributed by atoms with Gasteiger partial charge in [-0.3, -0.25) is 19.4 Å². The Hall–Kier alpha value is -2.37. The molecule has 1 aromatic carbocycles. The van der Waals surface area contributed by atoms with Gasteiger partial charge in [0.1, 0.15) is 5.60 Å². The van der Waals surface area contributed by atoms with Crippen LogP contribution in [0.4, 0.5) is 4.79 Å². The lowest BCUT2D eigenvalue weighted by atomic mass is 9.85. The van der Waals surface area contributed by atoms with Crippen LogP contribution in [0.5, 0.6) is 0 Å². The summed E-state index contributed by atoms with van der Waals surface area (Å²) >= 11 is 0. The number of likely N-dealkylation sites (tertiary alicyclic amines) is 1. The number of fused-ring (bicyclic) bond motifs is 2. The molecule has 0 bridgehead atoms. The van der Waals surface area contributed by atoms with Crippen LogP contribution in [-0.2, 0) is 4.74 Å². The average molecular weight is 399 g/mol. The van der Waals surface area contributed by atoms with Crippen LogP contribution >= 0.6 is 0 Å². The van der Waals surface area contributed by atoms with Crippen molar-refractivity contribution in [3.63, 3.8) is 0 Å². The quantitative estimate of drug-likeness (QED) is 0.723. The molecule has 6 heteroatoms. The van der Waals surface area contributed by atoms with E-state index >= 15 is 0 Å². The van der Waals surface area contributed by atoms with E-state index in [-0.39, 0.29) is 42.5 Å². The third-order valence-corrected chi connectivity index (χ3v) is 6.65. The molecule has 0 N–H and O–H groups in total. The summed E-state index contributed by atoms with van der Waals surface area (Å²) in [7, 11) is 0. The largest absolute Gasteiger partial charge is 0.444 e. The average Bonchev–Trinajstić information content (AvgIpc) is 3.41.